The van der Waals surface area contributed by atoms with E-state index < -0.39 is 29.5 Å². The second kappa shape index (κ2) is 10.1. The number of aliphatic hydroxyl groups is 1. The summed E-state index contributed by atoms with van der Waals surface area (Å²) < 4.78 is 25.6. The van der Waals surface area contributed by atoms with E-state index in [0.717, 1.165) is 6.07 Å². The van der Waals surface area contributed by atoms with Gasteiger partial charge in [-0.15, -0.1) is 0 Å². The third kappa shape index (κ3) is 6.23. The van der Waals surface area contributed by atoms with Gasteiger partial charge in [0.05, 0.1) is 12.0 Å². The van der Waals surface area contributed by atoms with E-state index in [1.54, 1.807) is 37.2 Å². The van der Waals surface area contributed by atoms with Crippen LogP contribution in [0, 0.1) is 5.82 Å². The summed E-state index contributed by atoms with van der Waals surface area (Å²) in [5.41, 5.74) is 7.72. The molecule has 0 bridgehead atoms. The lowest BCUT2D eigenvalue weighted by molar-refractivity contribution is -0.121. The maximum Gasteiger partial charge on any atom is 0.254 e. The van der Waals surface area contributed by atoms with Gasteiger partial charge in [0.15, 0.2) is 17.9 Å². The largest absolute Gasteiger partial charge is 0.490 e. The van der Waals surface area contributed by atoms with Gasteiger partial charge in [-0.05, 0) is 49.8 Å². The van der Waals surface area contributed by atoms with Gasteiger partial charge in [0.25, 0.3) is 5.91 Å². The molecule has 2 amide bonds. The summed E-state index contributed by atoms with van der Waals surface area (Å²) in [5.74, 6) is -1.12. The van der Waals surface area contributed by atoms with Gasteiger partial charge in [0.1, 0.15) is 23.8 Å². The number of pyridine rings is 1. The van der Waals surface area contributed by atoms with Crippen LogP contribution in [0.4, 0.5) is 4.39 Å². The van der Waals surface area contributed by atoms with Gasteiger partial charge in [-0.3, -0.25) is 14.6 Å². The molecule has 0 aliphatic carbocycles. The third-order valence-corrected chi connectivity index (χ3v) is 4.92. The number of aliphatic imine (C=N–C) groups is 1. The minimum atomic E-state index is -0.979. The van der Waals surface area contributed by atoms with E-state index in [4.69, 9.17) is 15.2 Å². The summed E-state index contributed by atoms with van der Waals surface area (Å²) in [5, 5.41) is 14.1. The third-order valence-electron chi connectivity index (χ3n) is 4.92. The van der Waals surface area contributed by atoms with Crippen molar-refractivity contribution in [2.45, 2.75) is 32.2 Å². The number of carbonyl (C=O) groups excluding carboxylic acids is 2. The lowest BCUT2D eigenvalue weighted by atomic mass is 10.1. The predicted octanol–water partition coefficient (Wildman–Crippen LogP) is 1.47. The van der Waals surface area contributed by atoms with Crippen molar-refractivity contribution in [2.75, 3.05) is 6.61 Å². The maximum absolute atomic E-state index is 14.6. The van der Waals surface area contributed by atoms with E-state index in [1.165, 1.54) is 30.5 Å². The fraction of sp³-hybridized carbons (Fsp3) is 0.250. The Balaban J connectivity index is 1.35. The standard InChI is InChI=1S/C24H25FN6O5/c1-24(2,34)13-35-15-7-9-31-19(12-15)28-23(30-31)29-20(32)11-14-5-6-18(17(25)10-14)36-22-16(21(26)33)4-3-8-27-22/h3-10,12,23,30,34H,11,13H2,1-2H3,(H2,26,33)(H,29,32). The lowest BCUT2D eigenvalue weighted by Gasteiger charge is -2.22. The van der Waals surface area contributed by atoms with Gasteiger partial charge in [0, 0.05) is 18.5 Å². The number of amides is 2. The SMILES string of the molecule is CC(C)(O)COC1=CC2=NC(NC(=O)Cc3ccc(Oc4ncccc4C(N)=O)c(F)c3)NN2C=C1. The highest BCUT2D eigenvalue weighted by atomic mass is 19.1. The number of rotatable bonds is 9. The number of aromatic nitrogens is 1. The van der Waals surface area contributed by atoms with Crippen molar-refractivity contribution in [3.05, 3.63) is 77.6 Å². The molecule has 0 saturated carbocycles. The van der Waals surface area contributed by atoms with Crippen LogP contribution in [0.15, 0.2) is 65.6 Å². The Morgan fingerprint density at radius 1 is 1.33 bits per heavy atom. The first kappa shape index (κ1) is 24.8. The van der Waals surface area contributed by atoms with Gasteiger partial charge in [-0.2, -0.15) is 5.43 Å². The minimum Gasteiger partial charge on any atom is -0.490 e. The van der Waals surface area contributed by atoms with Crippen molar-refractivity contribution in [3.8, 4) is 11.6 Å². The molecule has 0 fully saturated rings. The fourth-order valence-corrected chi connectivity index (χ4v) is 3.27. The molecule has 1 unspecified atom stereocenters. The summed E-state index contributed by atoms with van der Waals surface area (Å²) in [7, 11) is 0. The van der Waals surface area contributed by atoms with Gasteiger partial charge in [-0.25, -0.2) is 14.4 Å². The molecule has 0 spiro atoms. The van der Waals surface area contributed by atoms with Crippen LogP contribution < -0.4 is 21.2 Å². The Morgan fingerprint density at radius 3 is 2.86 bits per heavy atom. The number of nitrogens with one attached hydrogen (secondary N) is 2. The number of halogens is 1. The normalized spacial score (nSPS) is 16.7. The number of nitrogens with two attached hydrogens (primary N) is 1. The van der Waals surface area contributed by atoms with Gasteiger partial charge >= 0.3 is 0 Å². The van der Waals surface area contributed by atoms with Crippen molar-refractivity contribution in [2.24, 2.45) is 10.7 Å². The molecule has 2 aliphatic rings. The zero-order valence-electron chi connectivity index (χ0n) is 19.6. The molecular formula is C24H25FN6O5. The van der Waals surface area contributed by atoms with Crippen LogP contribution in [-0.2, 0) is 16.0 Å². The fourth-order valence-electron chi connectivity index (χ4n) is 3.27. The van der Waals surface area contributed by atoms with E-state index in [1.807, 2.05) is 0 Å². The number of amidine groups is 1. The summed E-state index contributed by atoms with van der Waals surface area (Å²) in [6.45, 7) is 3.39. The molecule has 36 heavy (non-hydrogen) atoms. The molecule has 0 radical (unpaired) electrons. The van der Waals surface area contributed by atoms with E-state index >= 15 is 0 Å². The van der Waals surface area contributed by atoms with Crippen molar-refractivity contribution in [1.82, 2.24) is 20.7 Å². The van der Waals surface area contributed by atoms with Gasteiger partial charge < -0.3 is 25.6 Å². The summed E-state index contributed by atoms with van der Waals surface area (Å²) in [4.78, 5) is 32.3. The topological polar surface area (TPSA) is 151 Å². The highest BCUT2D eigenvalue weighted by Gasteiger charge is 2.26. The Labute approximate surface area is 206 Å². The molecule has 12 heteroatoms. The number of allylic oxidation sites excluding steroid dienone is 1. The number of hydrogen-bond acceptors (Lipinski definition) is 9. The van der Waals surface area contributed by atoms with E-state index in [-0.39, 0.29) is 30.2 Å². The zero-order valence-corrected chi connectivity index (χ0v) is 19.6. The van der Waals surface area contributed by atoms with Crippen LogP contribution in [0.2, 0.25) is 0 Å². The molecule has 1 aromatic carbocycles. The van der Waals surface area contributed by atoms with Crippen LogP contribution in [-0.4, -0.2) is 51.2 Å². The number of ether oxygens (including phenoxy) is 2. The smallest absolute Gasteiger partial charge is 0.254 e. The van der Waals surface area contributed by atoms with Crippen molar-refractivity contribution in [3.63, 3.8) is 0 Å². The van der Waals surface area contributed by atoms with E-state index in [9.17, 15) is 19.1 Å². The molecule has 1 aromatic heterocycles. The Bertz CT molecular complexity index is 1270. The molecule has 3 heterocycles. The first-order valence-electron chi connectivity index (χ1n) is 11.0. The molecule has 2 aromatic rings. The van der Waals surface area contributed by atoms with Crippen molar-refractivity contribution < 1.29 is 28.6 Å². The van der Waals surface area contributed by atoms with E-state index in [0.29, 0.717) is 17.2 Å². The predicted molar refractivity (Wildman–Crippen MR) is 127 cm³/mol. The van der Waals surface area contributed by atoms with Gasteiger partial charge in [-0.1, -0.05) is 6.07 Å². The van der Waals surface area contributed by atoms with Gasteiger partial charge in [0.2, 0.25) is 11.8 Å². The molecule has 0 saturated heterocycles. The second-order valence-corrected chi connectivity index (χ2v) is 8.68. The number of fused-ring (bicyclic) bond motifs is 1. The molecule has 188 valence electrons. The molecule has 4 rings (SSSR count). The highest BCUT2D eigenvalue weighted by molar-refractivity contribution is 5.96. The average molecular weight is 496 g/mol. The Morgan fingerprint density at radius 2 is 2.14 bits per heavy atom. The van der Waals surface area contributed by atoms with Crippen LogP contribution in [0.5, 0.6) is 11.6 Å². The van der Waals surface area contributed by atoms with Crippen LogP contribution >= 0.6 is 0 Å². The minimum absolute atomic E-state index is 0.0166. The van der Waals surface area contributed by atoms with Crippen LogP contribution in [0.1, 0.15) is 29.8 Å². The van der Waals surface area contributed by atoms with Crippen molar-refractivity contribution in [1.29, 1.82) is 0 Å². The monoisotopic (exact) mass is 496 g/mol. The first-order valence-corrected chi connectivity index (χ1v) is 11.0. The summed E-state index contributed by atoms with van der Waals surface area (Å²) in [6, 6.07) is 6.97. The van der Waals surface area contributed by atoms with Crippen LogP contribution in [0.25, 0.3) is 0 Å². The number of hydrogen-bond donors (Lipinski definition) is 4. The molecule has 2 aliphatic heterocycles. The van der Waals surface area contributed by atoms with Crippen molar-refractivity contribution >= 4 is 17.6 Å². The maximum atomic E-state index is 14.6. The average Bonchev–Trinajstić information content (AvgIpc) is 3.20. The van der Waals surface area contributed by atoms with Crippen LogP contribution in [0.3, 0.4) is 0 Å². The molecule has 1 atom stereocenters. The second-order valence-electron chi connectivity index (χ2n) is 8.68. The number of carbonyl (C=O) groups is 2. The first-order chi connectivity index (χ1) is 17.1. The zero-order chi connectivity index (χ0) is 25.9. The molecule has 11 nitrogen and oxygen atoms in total. The number of benzene rings is 1. The number of nitrogens with zero attached hydrogens (tertiary/aromatic N) is 3. The molecule has 5 N–H and O–H groups in total. The number of hydrazine groups is 1. The number of primary amides is 1. The highest BCUT2D eigenvalue weighted by Crippen LogP contribution is 2.26. The lowest BCUT2D eigenvalue weighted by Crippen LogP contribution is -2.46. The van der Waals surface area contributed by atoms with E-state index in [2.05, 4.69) is 20.7 Å². The summed E-state index contributed by atoms with van der Waals surface area (Å²) >= 11 is 0. The molecular weight excluding hydrogens is 471 g/mol. The Hall–Kier alpha value is -4.29. The summed E-state index contributed by atoms with van der Waals surface area (Å²) in [6.07, 6.45) is 5.61. The Kier molecular flexibility index (Phi) is 6.99. The quantitative estimate of drug-likeness (QED) is 0.407.